The van der Waals surface area contributed by atoms with Crippen molar-refractivity contribution in [2.24, 2.45) is 16.8 Å². The number of aromatic hydroxyl groups is 1. The normalized spacial score (nSPS) is 21.0. The second kappa shape index (κ2) is 4.40. The summed E-state index contributed by atoms with van der Waals surface area (Å²) in [6, 6.07) is 4.88. The van der Waals surface area contributed by atoms with Gasteiger partial charge in [-0.15, -0.1) is 0 Å². The minimum atomic E-state index is -0.347. The van der Waals surface area contributed by atoms with Crippen LogP contribution in [0.1, 0.15) is 6.92 Å². The monoisotopic (exact) mass is 238 g/mol. The molecule has 17 heavy (non-hydrogen) atoms. The Bertz CT molecular complexity index is 447. The fourth-order valence-electron chi connectivity index (χ4n) is 1.63. The first-order chi connectivity index (χ1) is 8.13. The summed E-state index contributed by atoms with van der Waals surface area (Å²) in [5, 5.41) is 21.1. The van der Waals surface area contributed by atoms with Gasteiger partial charge in [0, 0.05) is 0 Å². The number of amidine groups is 1. The van der Waals surface area contributed by atoms with Crippen LogP contribution in [-0.2, 0) is 0 Å². The average Bonchev–Trinajstić information content (AvgIpc) is 2.37. The summed E-state index contributed by atoms with van der Waals surface area (Å²) in [6.07, 6.45) is -0.347. The van der Waals surface area contributed by atoms with E-state index in [4.69, 9.17) is 20.4 Å². The molecule has 2 unspecified atom stereocenters. The van der Waals surface area contributed by atoms with E-state index in [2.05, 4.69) is 5.16 Å². The maximum absolute atomic E-state index is 9.54. The van der Waals surface area contributed by atoms with Crippen molar-refractivity contribution in [3.63, 3.8) is 0 Å². The van der Waals surface area contributed by atoms with E-state index in [-0.39, 0.29) is 30.2 Å². The first kappa shape index (κ1) is 11.4. The Morgan fingerprint density at radius 1 is 1.59 bits per heavy atom. The standard InChI is InChI=1S/C11H14N2O4/c1-6(11(12)13-15)9-5-16-10-7(14)3-2-4-8(10)17-9/h2-4,6,9,14-15H,5H2,1H3,(H2,12,13). The lowest BCUT2D eigenvalue weighted by Gasteiger charge is -2.30. The quantitative estimate of drug-likeness (QED) is 0.308. The molecule has 1 aromatic rings. The third kappa shape index (κ3) is 2.06. The van der Waals surface area contributed by atoms with Crippen LogP contribution in [0, 0.1) is 5.92 Å². The third-order valence-corrected chi connectivity index (χ3v) is 2.77. The van der Waals surface area contributed by atoms with Crippen molar-refractivity contribution in [2.45, 2.75) is 13.0 Å². The van der Waals surface area contributed by atoms with Gasteiger partial charge in [0.1, 0.15) is 18.5 Å². The lowest BCUT2D eigenvalue weighted by atomic mass is 10.0. The Labute approximate surface area is 98.3 Å². The van der Waals surface area contributed by atoms with Gasteiger partial charge in [0.05, 0.1) is 5.92 Å². The molecule has 1 aromatic carbocycles. The van der Waals surface area contributed by atoms with Gasteiger partial charge < -0.3 is 25.5 Å². The Hall–Kier alpha value is -2.11. The summed E-state index contributed by atoms with van der Waals surface area (Å²) in [5.74, 6) is 0.629. The minimum Gasteiger partial charge on any atom is -0.504 e. The number of phenols is 1. The zero-order chi connectivity index (χ0) is 12.4. The van der Waals surface area contributed by atoms with Crippen LogP contribution < -0.4 is 15.2 Å². The number of nitrogens with zero attached hydrogens (tertiary/aromatic N) is 1. The summed E-state index contributed by atoms with van der Waals surface area (Å²) in [6.45, 7) is 2.01. The highest BCUT2D eigenvalue weighted by Gasteiger charge is 2.29. The van der Waals surface area contributed by atoms with Crippen molar-refractivity contribution in [3.8, 4) is 17.2 Å². The predicted molar refractivity (Wildman–Crippen MR) is 60.6 cm³/mol. The molecule has 92 valence electrons. The lowest BCUT2D eigenvalue weighted by molar-refractivity contribution is 0.0682. The van der Waals surface area contributed by atoms with Gasteiger partial charge in [0.25, 0.3) is 0 Å². The van der Waals surface area contributed by atoms with Crippen LogP contribution in [0.5, 0.6) is 17.2 Å². The molecule has 1 heterocycles. The summed E-state index contributed by atoms with van der Waals surface area (Å²) in [4.78, 5) is 0. The van der Waals surface area contributed by atoms with Crippen LogP contribution in [0.15, 0.2) is 23.4 Å². The van der Waals surface area contributed by atoms with Gasteiger partial charge in [0.2, 0.25) is 5.75 Å². The molecule has 0 bridgehead atoms. The number of phenolic OH excluding ortho intramolecular Hbond substituents is 1. The molecule has 0 aliphatic carbocycles. The second-order valence-corrected chi connectivity index (χ2v) is 3.89. The SMILES string of the molecule is CC(C(N)=NO)C1COc2c(O)cccc2O1. The Balaban J connectivity index is 2.19. The smallest absolute Gasteiger partial charge is 0.203 e. The van der Waals surface area contributed by atoms with E-state index in [1.54, 1.807) is 19.1 Å². The highest BCUT2D eigenvalue weighted by atomic mass is 16.6. The highest BCUT2D eigenvalue weighted by molar-refractivity contribution is 5.82. The van der Waals surface area contributed by atoms with Crippen LogP contribution in [0.4, 0.5) is 0 Å². The van der Waals surface area contributed by atoms with Gasteiger partial charge in [-0.05, 0) is 12.1 Å². The van der Waals surface area contributed by atoms with Crippen molar-refractivity contribution < 1.29 is 19.8 Å². The zero-order valence-electron chi connectivity index (χ0n) is 9.33. The van der Waals surface area contributed by atoms with Crippen molar-refractivity contribution >= 4 is 5.84 Å². The van der Waals surface area contributed by atoms with Gasteiger partial charge in [-0.3, -0.25) is 0 Å². The van der Waals surface area contributed by atoms with Gasteiger partial charge in [0.15, 0.2) is 11.5 Å². The summed E-state index contributed by atoms with van der Waals surface area (Å²) < 4.78 is 11.1. The molecule has 2 atom stereocenters. The molecule has 0 saturated carbocycles. The van der Waals surface area contributed by atoms with Crippen LogP contribution in [0.2, 0.25) is 0 Å². The second-order valence-electron chi connectivity index (χ2n) is 3.89. The molecule has 0 radical (unpaired) electrons. The third-order valence-electron chi connectivity index (χ3n) is 2.77. The minimum absolute atomic E-state index is 0.0393. The van der Waals surface area contributed by atoms with Gasteiger partial charge in [-0.25, -0.2) is 0 Å². The van der Waals surface area contributed by atoms with Crippen molar-refractivity contribution in [2.75, 3.05) is 6.61 Å². The molecule has 1 aliphatic rings. The number of fused-ring (bicyclic) bond motifs is 1. The predicted octanol–water partition coefficient (Wildman–Crippen LogP) is 0.914. The summed E-state index contributed by atoms with van der Waals surface area (Å²) in [5.41, 5.74) is 5.51. The number of benzene rings is 1. The van der Waals surface area contributed by atoms with Crippen LogP contribution in [0.3, 0.4) is 0 Å². The van der Waals surface area contributed by atoms with Crippen molar-refractivity contribution in [1.82, 2.24) is 0 Å². The van der Waals surface area contributed by atoms with Gasteiger partial charge >= 0.3 is 0 Å². The maximum Gasteiger partial charge on any atom is 0.203 e. The van der Waals surface area contributed by atoms with Crippen LogP contribution in [0.25, 0.3) is 0 Å². The number of ether oxygens (including phenoxy) is 2. The first-order valence-electron chi connectivity index (χ1n) is 5.22. The van der Waals surface area contributed by atoms with Crippen LogP contribution >= 0.6 is 0 Å². The number of para-hydroxylation sites is 1. The summed E-state index contributed by atoms with van der Waals surface area (Å²) in [7, 11) is 0. The average molecular weight is 238 g/mol. The van der Waals surface area contributed by atoms with Crippen LogP contribution in [-0.4, -0.2) is 28.9 Å². The van der Waals surface area contributed by atoms with E-state index in [0.717, 1.165) is 0 Å². The first-order valence-corrected chi connectivity index (χ1v) is 5.22. The fourth-order valence-corrected chi connectivity index (χ4v) is 1.63. The topological polar surface area (TPSA) is 97.3 Å². The van der Waals surface area contributed by atoms with E-state index in [1.165, 1.54) is 6.07 Å². The molecule has 0 spiro atoms. The number of oxime groups is 1. The molecule has 4 N–H and O–H groups in total. The molecule has 2 rings (SSSR count). The fraction of sp³-hybridized carbons (Fsp3) is 0.364. The molecular weight excluding hydrogens is 224 g/mol. The molecular formula is C11H14N2O4. The maximum atomic E-state index is 9.54. The zero-order valence-corrected chi connectivity index (χ0v) is 9.33. The van der Waals surface area contributed by atoms with E-state index >= 15 is 0 Å². The number of hydrogen-bond donors (Lipinski definition) is 3. The molecule has 0 saturated heterocycles. The lowest BCUT2D eigenvalue weighted by Crippen LogP contribution is -2.41. The molecule has 0 aromatic heterocycles. The largest absolute Gasteiger partial charge is 0.504 e. The van der Waals surface area contributed by atoms with Crippen molar-refractivity contribution in [1.29, 1.82) is 0 Å². The summed E-state index contributed by atoms with van der Waals surface area (Å²) >= 11 is 0. The number of rotatable bonds is 2. The molecule has 1 aliphatic heterocycles. The molecule has 6 heteroatoms. The number of nitrogens with two attached hydrogens (primary N) is 1. The molecule has 6 nitrogen and oxygen atoms in total. The Morgan fingerprint density at radius 2 is 2.35 bits per heavy atom. The molecule has 0 fully saturated rings. The van der Waals surface area contributed by atoms with E-state index in [1.807, 2.05) is 0 Å². The van der Waals surface area contributed by atoms with E-state index in [9.17, 15) is 5.11 Å². The Morgan fingerprint density at radius 3 is 3.06 bits per heavy atom. The van der Waals surface area contributed by atoms with E-state index in [0.29, 0.717) is 11.5 Å². The Kier molecular flexibility index (Phi) is 2.95. The van der Waals surface area contributed by atoms with Crippen molar-refractivity contribution in [3.05, 3.63) is 18.2 Å². The molecule has 0 amide bonds. The van der Waals surface area contributed by atoms with Gasteiger partial charge in [-0.2, -0.15) is 0 Å². The highest BCUT2D eigenvalue weighted by Crippen LogP contribution is 2.40. The van der Waals surface area contributed by atoms with Gasteiger partial charge in [-0.1, -0.05) is 18.1 Å². The number of hydrogen-bond acceptors (Lipinski definition) is 5. The van der Waals surface area contributed by atoms with E-state index < -0.39 is 0 Å².